The maximum absolute atomic E-state index is 13.4. The Labute approximate surface area is 257 Å². The van der Waals surface area contributed by atoms with Gasteiger partial charge < -0.3 is 30.0 Å². The summed E-state index contributed by atoms with van der Waals surface area (Å²) >= 11 is 0. The van der Waals surface area contributed by atoms with Crippen molar-refractivity contribution in [3.63, 3.8) is 0 Å². The quantitative estimate of drug-likeness (QED) is 0.151. The van der Waals surface area contributed by atoms with Crippen molar-refractivity contribution in [2.45, 2.75) is 26.2 Å². The van der Waals surface area contributed by atoms with Crippen molar-refractivity contribution < 1.29 is 18.8 Å². The zero-order valence-electron chi connectivity index (χ0n) is 25.6. The van der Waals surface area contributed by atoms with Gasteiger partial charge in [-0.3, -0.25) is 4.98 Å². The number of hydrogen-bond acceptors (Lipinski definition) is 7. The molecule has 0 saturated heterocycles. The molecule has 5 rings (SSSR count). The minimum absolute atomic E-state index is 0.237. The molecular formula is C34H36N5O4P. The first-order valence-corrected chi connectivity index (χ1v) is 16.7. The van der Waals surface area contributed by atoms with Crippen LogP contribution >= 0.6 is 7.14 Å². The van der Waals surface area contributed by atoms with Crippen LogP contribution in [0.1, 0.15) is 26.3 Å². The third-order valence-electron chi connectivity index (χ3n) is 6.99. The number of amides is 2. The molecule has 0 saturated carbocycles. The summed E-state index contributed by atoms with van der Waals surface area (Å²) in [7, 11) is -1.20. The van der Waals surface area contributed by atoms with Gasteiger partial charge >= 0.3 is 6.03 Å². The van der Waals surface area contributed by atoms with Crippen LogP contribution in [-0.2, 0) is 9.98 Å². The predicted molar refractivity (Wildman–Crippen MR) is 179 cm³/mol. The van der Waals surface area contributed by atoms with E-state index in [1.165, 1.54) is 7.11 Å². The van der Waals surface area contributed by atoms with Gasteiger partial charge in [-0.2, -0.15) is 0 Å². The third-order valence-corrected chi connectivity index (χ3v) is 8.49. The highest BCUT2D eigenvalue weighted by atomic mass is 31.2. The average Bonchev–Trinajstić information content (AvgIpc) is 2.98. The van der Waals surface area contributed by atoms with Crippen molar-refractivity contribution in [1.82, 2.24) is 9.97 Å². The van der Waals surface area contributed by atoms with Crippen molar-refractivity contribution in [1.29, 1.82) is 0 Å². The van der Waals surface area contributed by atoms with Crippen LogP contribution in [0.4, 0.5) is 27.7 Å². The number of methoxy groups -OCH3 is 1. The van der Waals surface area contributed by atoms with Crippen molar-refractivity contribution >= 4 is 52.1 Å². The second-order valence-corrected chi connectivity index (χ2v) is 14.9. The number of nitrogens with zero attached hydrogens (tertiary/aromatic N) is 2. The smallest absolute Gasteiger partial charge is 0.323 e. The second kappa shape index (κ2) is 12.4. The van der Waals surface area contributed by atoms with Crippen LogP contribution in [0.5, 0.6) is 17.2 Å². The molecule has 0 unspecified atom stereocenters. The molecule has 0 aliphatic heterocycles. The number of fused-ring (bicyclic) bond motifs is 1. The molecule has 10 heteroatoms. The molecule has 0 spiro atoms. The summed E-state index contributed by atoms with van der Waals surface area (Å²) in [5, 5.41) is 11.3. The number of pyridine rings is 2. The molecule has 9 nitrogen and oxygen atoms in total. The number of ether oxygens (including phenoxy) is 2. The average molecular weight is 610 g/mol. The number of anilines is 4. The van der Waals surface area contributed by atoms with Gasteiger partial charge in [0.25, 0.3) is 0 Å². The Kier molecular flexibility index (Phi) is 8.61. The van der Waals surface area contributed by atoms with Crippen LogP contribution in [0.2, 0.25) is 0 Å². The molecule has 44 heavy (non-hydrogen) atoms. The Bertz CT molecular complexity index is 1870. The number of aromatic nitrogens is 2. The second-order valence-electron chi connectivity index (χ2n) is 11.8. The topological polar surface area (TPSA) is 114 Å². The third kappa shape index (κ3) is 7.01. The summed E-state index contributed by atoms with van der Waals surface area (Å²) in [5.74, 6) is 2.23. The number of hydrogen-bond donors (Lipinski definition) is 3. The van der Waals surface area contributed by atoms with Crippen molar-refractivity contribution in [2.24, 2.45) is 0 Å². The highest BCUT2D eigenvalue weighted by molar-refractivity contribution is 7.70. The van der Waals surface area contributed by atoms with Gasteiger partial charge in [0.05, 0.1) is 35.7 Å². The number of benzene rings is 3. The minimum atomic E-state index is -2.72. The van der Waals surface area contributed by atoms with E-state index in [-0.39, 0.29) is 5.41 Å². The molecule has 2 amide bonds. The van der Waals surface area contributed by atoms with Crippen LogP contribution in [0, 0.1) is 0 Å². The van der Waals surface area contributed by atoms with Crippen molar-refractivity contribution in [2.75, 3.05) is 36.4 Å². The van der Waals surface area contributed by atoms with Gasteiger partial charge in [-0.1, -0.05) is 45.0 Å². The molecule has 2 aromatic heterocycles. The lowest BCUT2D eigenvalue weighted by Crippen LogP contribution is -2.23. The molecule has 0 radical (unpaired) electrons. The van der Waals surface area contributed by atoms with Gasteiger partial charge in [-0.25, -0.2) is 9.78 Å². The number of nitrogens with one attached hydrogen (secondary N) is 3. The van der Waals surface area contributed by atoms with E-state index in [1.54, 1.807) is 50.1 Å². The van der Waals surface area contributed by atoms with Crippen LogP contribution in [0.25, 0.3) is 10.8 Å². The highest BCUT2D eigenvalue weighted by Gasteiger charge is 2.26. The fraction of sp³-hybridized carbons (Fsp3) is 0.206. The lowest BCUT2D eigenvalue weighted by atomic mass is 9.86. The Balaban J connectivity index is 1.41. The Morgan fingerprint density at radius 2 is 1.61 bits per heavy atom. The Morgan fingerprint density at radius 1 is 0.864 bits per heavy atom. The van der Waals surface area contributed by atoms with E-state index in [0.29, 0.717) is 39.7 Å². The van der Waals surface area contributed by atoms with E-state index in [1.807, 2.05) is 54.6 Å². The number of rotatable bonds is 8. The Hall–Kier alpha value is -4.88. The van der Waals surface area contributed by atoms with Crippen LogP contribution in [0.15, 0.2) is 91.4 Å². The predicted octanol–water partition coefficient (Wildman–Crippen LogP) is 8.36. The fourth-order valence-electron chi connectivity index (χ4n) is 4.75. The van der Waals surface area contributed by atoms with E-state index in [0.717, 1.165) is 22.0 Å². The van der Waals surface area contributed by atoms with Crippen molar-refractivity contribution in [3.05, 3.63) is 97.0 Å². The van der Waals surface area contributed by atoms with Crippen LogP contribution < -0.4 is 30.7 Å². The summed E-state index contributed by atoms with van der Waals surface area (Å²) in [6.07, 6.45) is 5.09. The summed E-state index contributed by atoms with van der Waals surface area (Å²) in [5.41, 5.74) is 2.57. The van der Waals surface area contributed by atoms with Gasteiger partial charge in [0, 0.05) is 29.2 Å². The first kappa shape index (κ1) is 30.6. The van der Waals surface area contributed by atoms with Gasteiger partial charge in [0.2, 0.25) is 0 Å². The lowest BCUT2D eigenvalue weighted by Gasteiger charge is -2.25. The minimum Gasteiger partial charge on any atom is -0.494 e. The van der Waals surface area contributed by atoms with E-state index in [2.05, 4.69) is 46.7 Å². The molecule has 0 atom stereocenters. The normalized spacial score (nSPS) is 11.6. The SMILES string of the molecule is COc1c(NC(=O)Nc2ccc(Oc3ccnc(Nc4cccnc4)c3)c3ccccc23)cc(C(C)(C)C)cc1P(C)(C)=O. The number of carbonyl (C=O) groups excluding carboxylic acids is 1. The molecule has 226 valence electrons. The van der Waals surface area contributed by atoms with Gasteiger partial charge in [0.1, 0.15) is 24.5 Å². The summed E-state index contributed by atoms with van der Waals surface area (Å²) in [6.45, 7) is 9.59. The van der Waals surface area contributed by atoms with Crippen LogP contribution in [0.3, 0.4) is 0 Å². The number of carbonyl (C=O) groups is 1. The molecular weight excluding hydrogens is 573 g/mol. The van der Waals surface area contributed by atoms with E-state index in [4.69, 9.17) is 9.47 Å². The maximum atomic E-state index is 13.4. The molecule has 0 bridgehead atoms. The zero-order valence-corrected chi connectivity index (χ0v) is 26.5. The summed E-state index contributed by atoms with van der Waals surface area (Å²) in [6, 6.07) is 21.9. The van der Waals surface area contributed by atoms with E-state index < -0.39 is 13.2 Å². The molecule has 0 fully saturated rings. The largest absolute Gasteiger partial charge is 0.494 e. The molecule has 3 aromatic carbocycles. The molecule has 0 aliphatic carbocycles. The Morgan fingerprint density at radius 3 is 2.30 bits per heavy atom. The molecule has 5 aromatic rings. The zero-order chi connectivity index (χ0) is 31.5. The van der Waals surface area contributed by atoms with Gasteiger partial charge in [-0.15, -0.1) is 0 Å². The maximum Gasteiger partial charge on any atom is 0.323 e. The molecule has 2 heterocycles. The highest BCUT2D eigenvalue weighted by Crippen LogP contribution is 2.43. The lowest BCUT2D eigenvalue weighted by molar-refractivity contribution is 0.262. The van der Waals surface area contributed by atoms with E-state index >= 15 is 0 Å². The molecule has 0 aliphatic rings. The van der Waals surface area contributed by atoms with E-state index in [9.17, 15) is 9.36 Å². The van der Waals surface area contributed by atoms with Crippen LogP contribution in [-0.4, -0.2) is 36.4 Å². The molecule has 3 N–H and O–H groups in total. The standard InChI is InChI=1S/C34H36N5O4P/c1-34(2,3)22-18-28(32(42-4)30(19-22)44(5,6)41)39-33(40)38-27-13-14-29(26-12-8-7-11-25(26)27)43-24-15-17-36-31(20-24)37-23-10-9-16-35-21-23/h7-21H,1-6H3,(H,36,37)(H2,38,39,40). The van der Waals surface area contributed by atoms with Gasteiger partial charge in [0.15, 0.2) is 5.75 Å². The fourth-order valence-corrected chi connectivity index (χ4v) is 5.90. The monoisotopic (exact) mass is 609 g/mol. The van der Waals surface area contributed by atoms with Gasteiger partial charge in [-0.05, 0) is 66.8 Å². The first-order valence-electron chi connectivity index (χ1n) is 14.1. The number of urea groups is 1. The first-order chi connectivity index (χ1) is 20.9. The summed E-state index contributed by atoms with van der Waals surface area (Å²) < 4.78 is 25.1. The summed E-state index contributed by atoms with van der Waals surface area (Å²) in [4.78, 5) is 21.9. The van der Waals surface area contributed by atoms with Crippen molar-refractivity contribution in [3.8, 4) is 17.2 Å².